The summed E-state index contributed by atoms with van der Waals surface area (Å²) in [5.74, 6) is -1.36. The van der Waals surface area contributed by atoms with Crippen LogP contribution in [-0.2, 0) is 11.3 Å². The largest absolute Gasteiger partial charge is 0.481 e. The predicted molar refractivity (Wildman–Crippen MR) is 70.1 cm³/mol. The van der Waals surface area contributed by atoms with Gasteiger partial charge in [0.15, 0.2) is 18.2 Å². The highest BCUT2D eigenvalue weighted by Crippen LogP contribution is 2.14. The van der Waals surface area contributed by atoms with Crippen molar-refractivity contribution in [2.24, 2.45) is 0 Å². The Balaban J connectivity index is 1.82. The fourth-order valence-corrected chi connectivity index (χ4v) is 1.59. The molecule has 0 heterocycles. The van der Waals surface area contributed by atoms with Crippen LogP contribution >= 0.6 is 0 Å². The van der Waals surface area contributed by atoms with Crippen molar-refractivity contribution in [1.29, 1.82) is 0 Å². The van der Waals surface area contributed by atoms with E-state index in [2.05, 4.69) is 5.32 Å². The van der Waals surface area contributed by atoms with Crippen LogP contribution in [0.5, 0.6) is 5.75 Å². The standard InChI is InChI=1S/C15H13F2NO2/c16-12-6-2-1-5-11(12)9-18-15(19)10-20-14-8-4-3-7-13(14)17/h1-8H,9-10H2,(H,18,19). The molecule has 20 heavy (non-hydrogen) atoms. The van der Waals surface area contributed by atoms with Crippen LogP contribution in [-0.4, -0.2) is 12.5 Å². The van der Waals surface area contributed by atoms with Crippen molar-refractivity contribution < 1.29 is 18.3 Å². The van der Waals surface area contributed by atoms with Crippen molar-refractivity contribution in [3.05, 3.63) is 65.7 Å². The minimum absolute atomic E-state index is 0.00791. The molecule has 2 rings (SSSR count). The second-order valence-electron chi connectivity index (χ2n) is 4.09. The summed E-state index contributed by atoms with van der Waals surface area (Å²) in [7, 11) is 0. The first-order valence-corrected chi connectivity index (χ1v) is 6.04. The molecule has 2 aromatic carbocycles. The topological polar surface area (TPSA) is 38.3 Å². The summed E-state index contributed by atoms with van der Waals surface area (Å²) in [5, 5.41) is 2.50. The molecule has 5 heteroatoms. The zero-order chi connectivity index (χ0) is 14.4. The van der Waals surface area contributed by atoms with Gasteiger partial charge in [-0.3, -0.25) is 4.79 Å². The number of hydrogen-bond donors (Lipinski definition) is 1. The molecule has 1 N–H and O–H groups in total. The number of benzene rings is 2. The molecule has 1 amide bonds. The number of amides is 1. The fraction of sp³-hybridized carbons (Fsp3) is 0.133. The molecule has 104 valence electrons. The lowest BCUT2D eigenvalue weighted by atomic mass is 10.2. The molecule has 3 nitrogen and oxygen atoms in total. The van der Waals surface area contributed by atoms with E-state index >= 15 is 0 Å². The molecule has 0 aliphatic rings. The normalized spacial score (nSPS) is 10.1. The van der Waals surface area contributed by atoms with Crippen LogP contribution in [0.4, 0.5) is 8.78 Å². The first-order chi connectivity index (χ1) is 9.66. The SMILES string of the molecule is O=C(COc1ccccc1F)NCc1ccccc1F. The van der Waals surface area contributed by atoms with E-state index in [0.29, 0.717) is 5.56 Å². The Bertz CT molecular complexity index is 550. The van der Waals surface area contributed by atoms with Crippen molar-refractivity contribution in [2.75, 3.05) is 6.61 Å². The van der Waals surface area contributed by atoms with Crippen LogP contribution in [0, 0.1) is 11.6 Å². The van der Waals surface area contributed by atoms with Crippen LogP contribution in [0.2, 0.25) is 0 Å². The summed E-state index contributed by atoms with van der Waals surface area (Å²) in [6, 6.07) is 12.0. The van der Waals surface area contributed by atoms with Gasteiger partial charge in [-0.2, -0.15) is 0 Å². The number of carbonyl (C=O) groups excluding carboxylic acids is 1. The molecular formula is C15H13F2NO2. The average Bonchev–Trinajstić information content (AvgIpc) is 2.45. The molecule has 0 bridgehead atoms. The van der Waals surface area contributed by atoms with Gasteiger partial charge in [0.05, 0.1) is 0 Å². The molecule has 0 aliphatic carbocycles. The maximum absolute atomic E-state index is 13.3. The second kappa shape index (κ2) is 6.65. The number of para-hydroxylation sites is 1. The lowest BCUT2D eigenvalue weighted by Crippen LogP contribution is -2.28. The number of rotatable bonds is 5. The van der Waals surface area contributed by atoms with Crippen molar-refractivity contribution in [2.45, 2.75) is 6.54 Å². The Labute approximate surface area is 115 Å². The minimum Gasteiger partial charge on any atom is -0.481 e. The number of hydrogen-bond acceptors (Lipinski definition) is 2. The molecule has 0 spiro atoms. The van der Waals surface area contributed by atoms with Crippen LogP contribution in [0.25, 0.3) is 0 Å². The van der Waals surface area contributed by atoms with E-state index in [1.54, 1.807) is 24.3 Å². The summed E-state index contributed by atoms with van der Waals surface area (Å²) in [4.78, 5) is 11.5. The highest BCUT2D eigenvalue weighted by Gasteiger charge is 2.07. The number of nitrogens with one attached hydrogen (secondary N) is 1. The van der Waals surface area contributed by atoms with Gasteiger partial charge in [0.25, 0.3) is 5.91 Å². The van der Waals surface area contributed by atoms with Gasteiger partial charge in [0, 0.05) is 12.1 Å². The second-order valence-corrected chi connectivity index (χ2v) is 4.09. The van der Waals surface area contributed by atoms with Crippen LogP contribution < -0.4 is 10.1 Å². The smallest absolute Gasteiger partial charge is 0.258 e. The molecule has 0 saturated carbocycles. The van der Waals surface area contributed by atoms with E-state index in [1.807, 2.05) is 0 Å². The van der Waals surface area contributed by atoms with E-state index in [9.17, 15) is 13.6 Å². The highest BCUT2D eigenvalue weighted by molar-refractivity contribution is 5.77. The van der Waals surface area contributed by atoms with E-state index in [1.165, 1.54) is 24.3 Å². The predicted octanol–water partition coefficient (Wildman–Crippen LogP) is 2.66. The van der Waals surface area contributed by atoms with Gasteiger partial charge in [-0.1, -0.05) is 30.3 Å². The Kier molecular flexibility index (Phi) is 4.65. The van der Waals surface area contributed by atoms with E-state index in [4.69, 9.17) is 4.74 Å². The summed E-state index contributed by atoms with van der Waals surface area (Å²) in [5.41, 5.74) is 0.381. The van der Waals surface area contributed by atoms with Gasteiger partial charge in [-0.05, 0) is 18.2 Å². The first-order valence-electron chi connectivity index (χ1n) is 6.04. The van der Waals surface area contributed by atoms with Gasteiger partial charge in [0.2, 0.25) is 0 Å². The Morgan fingerprint density at radius 1 is 1.00 bits per heavy atom. The number of ether oxygens (including phenoxy) is 1. The average molecular weight is 277 g/mol. The molecule has 0 aromatic heterocycles. The Morgan fingerprint density at radius 3 is 2.35 bits per heavy atom. The van der Waals surface area contributed by atoms with Crippen LogP contribution in [0.1, 0.15) is 5.56 Å². The zero-order valence-electron chi connectivity index (χ0n) is 10.6. The highest BCUT2D eigenvalue weighted by atomic mass is 19.1. The van der Waals surface area contributed by atoms with E-state index in [0.717, 1.165) is 0 Å². The van der Waals surface area contributed by atoms with Crippen LogP contribution in [0.3, 0.4) is 0 Å². The zero-order valence-corrected chi connectivity index (χ0v) is 10.6. The molecule has 0 saturated heterocycles. The van der Waals surface area contributed by atoms with Crippen molar-refractivity contribution in [1.82, 2.24) is 5.32 Å². The van der Waals surface area contributed by atoms with Gasteiger partial charge in [-0.15, -0.1) is 0 Å². The third kappa shape index (κ3) is 3.78. The van der Waals surface area contributed by atoms with Gasteiger partial charge < -0.3 is 10.1 Å². The monoisotopic (exact) mass is 277 g/mol. The minimum atomic E-state index is -0.533. The van der Waals surface area contributed by atoms with Gasteiger partial charge >= 0.3 is 0 Å². The lowest BCUT2D eigenvalue weighted by molar-refractivity contribution is -0.123. The maximum Gasteiger partial charge on any atom is 0.258 e. The summed E-state index contributed by atoms with van der Waals surface area (Å²) < 4.78 is 31.6. The molecule has 0 atom stereocenters. The molecular weight excluding hydrogens is 264 g/mol. The van der Waals surface area contributed by atoms with Gasteiger partial charge in [0.1, 0.15) is 5.82 Å². The van der Waals surface area contributed by atoms with E-state index < -0.39 is 11.7 Å². The third-order valence-corrected chi connectivity index (χ3v) is 2.63. The molecule has 2 aromatic rings. The number of halogens is 2. The molecule has 0 unspecified atom stereocenters. The number of carbonyl (C=O) groups is 1. The summed E-state index contributed by atoms with van der Waals surface area (Å²) in [6.07, 6.45) is 0. The Morgan fingerprint density at radius 2 is 1.65 bits per heavy atom. The fourth-order valence-electron chi connectivity index (χ4n) is 1.59. The van der Waals surface area contributed by atoms with Crippen molar-refractivity contribution in [3.8, 4) is 5.75 Å². The van der Waals surface area contributed by atoms with Gasteiger partial charge in [-0.25, -0.2) is 8.78 Å². The first kappa shape index (κ1) is 14.0. The summed E-state index contributed by atoms with van der Waals surface area (Å²) in [6.45, 7) is -0.262. The quantitative estimate of drug-likeness (QED) is 0.912. The molecule has 0 radical (unpaired) electrons. The molecule has 0 aliphatic heterocycles. The third-order valence-electron chi connectivity index (χ3n) is 2.63. The Hall–Kier alpha value is -2.43. The maximum atomic E-state index is 13.3. The lowest BCUT2D eigenvalue weighted by Gasteiger charge is -2.08. The summed E-state index contributed by atoms with van der Waals surface area (Å²) >= 11 is 0. The van der Waals surface area contributed by atoms with Crippen LogP contribution in [0.15, 0.2) is 48.5 Å². The van der Waals surface area contributed by atoms with Crippen molar-refractivity contribution >= 4 is 5.91 Å². The molecule has 0 fully saturated rings. The van der Waals surface area contributed by atoms with E-state index in [-0.39, 0.29) is 24.7 Å². The van der Waals surface area contributed by atoms with Crippen molar-refractivity contribution in [3.63, 3.8) is 0 Å².